The molecule has 11 heteroatoms. The molecule has 30 heavy (non-hydrogen) atoms. The third-order valence-electron chi connectivity index (χ3n) is 4.44. The lowest BCUT2D eigenvalue weighted by Gasteiger charge is -2.25. The van der Waals surface area contributed by atoms with Crippen LogP contribution >= 0.6 is 22.9 Å². The number of aromatic nitrogens is 1. The molecular weight excluding hydrogens is 446 g/mol. The molecule has 1 aromatic heterocycles. The number of halogens is 1. The summed E-state index contributed by atoms with van der Waals surface area (Å²) in [7, 11) is -3.54. The van der Waals surface area contributed by atoms with Crippen molar-refractivity contribution in [2.45, 2.75) is 4.90 Å². The van der Waals surface area contributed by atoms with Crippen LogP contribution in [0.15, 0.2) is 63.7 Å². The molecule has 3 aromatic rings. The molecule has 1 aliphatic rings. The topological polar surface area (TPSA) is 110 Å². The molecule has 0 saturated carbocycles. The maximum absolute atomic E-state index is 12.7. The highest BCUT2D eigenvalue weighted by atomic mass is 35.5. The summed E-state index contributed by atoms with van der Waals surface area (Å²) in [5.74, 6) is 0. The highest BCUT2D eigenvalue weighted by molar-refractivity contribution is 7.89. The minimum atomic E-state index is -3.54. The van der Waals surface area contributed by atoms with Gasteiger partial charge in [-0.1, -0.05) is 35.1 Å². The molecule has 2 N–H and O–H groups in total. The maximum Gasteiger partial charge on any atom is 0.243 e. The second-order valence-electron chi connectivity index (χ2n) is 6.42. The molecule has 0 radical (unpaired) electrons. The Morgan fingerprint density at radius 1 is 1.03 bits per heavy atom. The van der Waals surface area contributed by atoms with Crippen molar-refractivity contribution in [2.24, 2.45) is 10.2 Å². The van der Waals surface area contributed by atoms with Crippen LogP contribution in [0.25, 0.3) is 11.3 Å². The summed E-state index contributed by atoms with van der Waals surface area (Å²) in [6, 6.07) is 13.5. The third-order valence-corrected chi connectivity index (χ3v) is 7.38. The van der Waals surface area contributed by atoms with E-state index in [2.05, 4.69) is 15.2 Å². The zero-order valence-electron chi connectivity index (χ0n) is 15.7. The number of morpholine rings is 1. The normalized spacial score (nSPS) is 15.6. The molecule has 8 nitrogen and oxygen atoms in total. The first-order valence-corrected chi connectivity index (χ1v) is 11.7. The minimum Gasteiger partial charge on any atom is -0.379 e. The van der Waals surface area contributed by atoms with E-state index in [4.69, 9.17) is 22.1 Å². The number of azo groups is 1. The average Bonchev–Trinajstić information content (AvgIpc) is 3.14. The van der Waals surface area contributed by atoms with Crippen molar-refractivity contribution in [1.82, 2.24) is 9.29 Å². The van der Waals surface area contributed by atoms with Crippen molar-refractivity contribution in [2.75, 3.05) is 32.0 Å². The van der Waals surface area contributed by atoms with Crippen LogP contribution in [0.3, 0.4) is 0 Å². The summed E-state index contributed by atoms with van der Waals surface area (Å²) in [5.41, 5.74) is 7.81. The van der Waals surface area contributed by atoms with Gasteiger partial charge < -0.3 is 10.5 Å². The highest BCUT2D eigenvalue weighted by Crippen LogP contribution is 2.38. The quantitative estimate of drug-likeness (QED) is 0.561. The van der Waals surface area contributed by atoms with E-state index < -0.39 is 10.0 Å². The molecule has 1 aliphatic heterocycles. The average molecular weight is 464 g/mol. The first-order chi connectivity index (χ1) is 14.4. The smallest absolute Gasteiger partial charge is 0.243 e. The van der Waals surface area contributed by atoms with E-state index in [1.165, 1.54) is 27.8 Å². The predicted molar refractivity (Wildman–Crippen MR) is 117 cm³/mol. The van der Waals surface area contributed by atoms with Crippen molar-refractivity contribution < 1.29 is 13.2 Å². The van der Waals surface area contributed by atoms with E-state index >= 15 is 0 Å². The van der Waals surface area contributed by atoms with Gasteiger partial charge in [0.15, 0.2) is 10.1 Å². The summed E-state index contributed by atoms with van der Waals surface area (Å²) < 4.78 is 32.0. The molecule has 0 spiro atoms. The van der Waals surface area contributed by atoms with E-state index in [0.717, 1.165) is 5.56 Å². The predicted octanol–water partition coefficient (Wildman–Crippen LogP) is 4.48. The number of nitrogens with two attached hydrogens (primary N) is 1. The highest BCUT2D eigenvalue weighted by Gasteiger charge is 2.26. The minimum absolute atomic E-state index is 0.215. The second-order valence-corrected chi connectivity index (χ2v) is 9.81. The first kappa shape index (κ1) is 20.9. The summed E-state index contributed by atoms with van der Waals surface area (Å²) in [4.78, 5) is 4.54. The van der Waals surface area contributed by atoms with Gasteiger partial charge in [0, 0.05) is 23.7 Å². The number of ether oxygens (including phenoxy) is 1. The molecule has 0 bridgehead atoms. The van der Waals surface area contributed by atoms with Gasteiger partial charge in [0.2, 0.25) is 10.0 Å². The van der Waals surface area contributed by atoms with Crippen molar-refractivity contribution in [3.63, 3.8) is 0 Å². The molecular formula is C19H18ClN5O3S2. The Kier molecular flexibility index (Phi) is 6.11. The van der Waals surface area contributed by atoms with Gasteiger partial charge in [-0.2, -0.15) is 4.31 Å². The molecule has 2 heterocycles. The first-order valence-electron chi connectivity index (χ1n) is 9.05. The van der Waals surface area contributed by atoms with Crippen LogP contribution in [0.1, 0.15) is 0 Å². The fraction of sp³-hybridized carbons (Fsp3) is 0.211. The maximum atomic E-state index is 12.7. The summed E-state index contributed by atoms with van der Waals surface area (Å²) in [6.45, 7) is 1.51. The molecule has 4 rings (SSSR count). The van der Waals surface area contributed by atoms with Crippen LogP contribution in [0, 0.1) is 0 Å². The largest absolute Gasteiger partial charge is 0.379 e. The van der Waals surface area contributed by atoms with Gasteiger partial charge in [0.1, 0.15) is 5.69 Å². The van der Waals surface area contributed by atoms with Gasteiger partial charge in [-0.25, -0.2) is 13.4 Å². The van der Waals surface area contributed by atoms with Gasteiger partial charge in [-0.15, -0.1) is 10.2 Å². The monoisotopic (exact) mass is 463 g/mol. The lowest BCUT2D eigenvalue weighted by Crippen LogP contribution is -2.40. The molecule has 1 fully saturated rings. The van der Waals surface area contributed by atoms with Gasteiger partial charge in [-0.05, 0) is 36.4 Å². The van der Waals surface area contributed by atoms with Crippen molar-refractivity contribution in [1.29, 1.82) is 0 Å². The second kappa shape index (κ2) is 8.78. The molecule has 156 valence electrons. The van der Waals surface area contributed by atoms with E-state index in [1.807, 2.05) is 12.1 Å². The Bertz CT molecular complexity index is 1160. The van der Waals surface area contributed by atoms with E-state index in [0.29, 0.717) is 52.8 Å². The van der Waals surface area contributed by atoms with Gasteiger partial charge >= 0.3 is 0 Å². The number of rotatable bonds is 5. The van der Waals surface area contributed by atoms with E-state index in [1.54, 1.807) is 24.3 Å². The van der Waals surface area contributed by atoms with Crippen LogP contribution in [0.2, 0.25) is 5.02 Å². The molecule has 1 saturated heterocycles. The number of nitrogens with zero attached hydrogens (tertiary/aromatic N) is 4. The fourth-order valence-corrected chi connectivity index (χ4v) is 5.13. The van der Waals surface area contributed by atoms with Crippen LogP contribution in [-0.2, 0) is 14.8 Å². The Balaban J connectivity index is 1.55. The molecule has 0 aliphatic carbocycles. The Morgan fingerprint density at radius 2 is 1.70 bits per heavy atom. The lowest BCUT2D eigenvalue weighted by molar-refractivity contribution is 0.0730. The number of benzene rings is 2. The molecule has 2 aromatic carbocycles. The lowest BCUT2D eigenvalue weighted by atomic mass is 10.2. The summed E-state index contributed by atoms with van der Waals surface area (Å²) in [6.07, 6.45) is 0. The standard InChI is InChI=1S/C19H18ClN5O3S2/c20-14-3-1-13(2-4-14)17-18(29-19(21)22-17)24-23-15-5-7-16(8-6-15)30(26,27)25-9-11-28-12-10-25/h1-8H,9-12H2,(H2,21,22). The number of hydrogen-bond donors (Lipinski definition) is 1. The zero-order chi connectivity index (χ0) is 21.1. The number of anilines is 1. The molecule has 0 atom stereocenters. The summed E-state index contributed by atoms with van der Waals surface area (Å²) >= 11 is 7.16. The zero-order valence-corrected chi connectivity index (χ0v) is 18.1. The Labute approximate surface area is 183 Å². The van der Waals surface area contributed by atoms with E-state index in [9.17, 15) is 8.42 Å². The number of sulfonamides is 1. The fourth-order valence-electron chi connectivity index (χ4n) is 2.92. The van der Waals surface area contributed by atoms with Crippen LogP contribution in [-0.4, -0.2) is 44.0 Å². The van der Waals surface area contributed by atoms with Gasteiger partial charge in [0.05, 0.1) is 23.8 Å². The number of thiazole rings is 1. The number of hydrogen-bond acceptors (Lipinski definition) is 8. The Hall–Kier alpha value is -2.37. The van der Waals surface area contributed by atoms with Crippen LogP contribution in [0.4, 0.5) is 15.8 Å². The van der Waals surface area contributed by atoms with E-state index in [-0.39, 0.29) is 4.90 Å². The van der Waals surface area contributed by atoms with Crippen molar-refractivity contribution in [3.8, 4) is 11.3 Å². The molecule has 0 amide bonds. The molecule has 0 unspecified atom stereocenters. The summed E-state index contributed by atoms with van der Waals surface area (Å²) in [5, 5.41) is 10.0. The van der Waals surface area contributed by atoms with Crippen LogP contribution < -0.4 is 5.73 Å². The number of nitrogen functional groups attached to an aromatic ring is 1. The Morgan fingerprint density at radius 3 is 2.37 bits per heavy atom. The third kappa shape index (κ3) is 4.52. The van der Waals surface area contributed by atoms with Crippen molar-refractivity contribution >= 4 is 48.8 Å². The SMILES string of the molecule is Nc1nc(-c2ccc(Cl)cc2)c(N=Nc2ccc(S(=O)(=O)N3CCOCC3)cc2)s1. The van der Waals surface area contributed by atoms with Crippen molar-refractivity contribution in [3.05, 3.63) is 53.6 Å². The van der Waals surface area contributed by atoms with Gasteiger partial charge in [0.25, 0.3) is 0 Å². The van der Waals surface area contributed by atoms with Gasteiger partial charge in [-0.3, -0.25) is 0 Å². The van der Waals surface area contributed by atoms with Crippen LogP contribution in [0.5, 0.6) is 0 Å².